The number of hydrogen-bond donors (Lipinski definition) is 2. The number of nitrogens with one attached hydrogen (secondary N) is 1. The predicted molar refractivity (Wildman–Crippen MR) is 95.9 cm³/mol. The molecule has 2 N–H and O–H groups in total. The molecule has 4 rings (SSSR count). The van der Waals surface area contributed by atoms with Crippen molar-refractivity contribution in [3.05, 3.63) is 71.0 Å². The predicted octanol–water partition coefficient (Wildman–Crippen LogP) is 3.70. The lowest BCUT2D eigenvalue weighted by molar-refractivity contribution is 0.372. The fourth-order valence-corrected chi connectivity index (χ4v) is 2.97. The Morgan fingerprint density at radius 2 is 2.00 bits per heavy atom. The third-order valence-corrected chi connectivity index (χ3v) is 4.36. The number of ether oxygens (including phenoxy) is 1. The molecule has 0 spiro atoms. The van der Waals surface area contributed by atoms with E-state index in [0.717, 1.165) is 16.8 Å². The highest BCUT2D eigenvalue weighted by Gasteiger charge is 2.24. The monoisotopic (exact) mass is 354 g/mol. The van der Waals surface area contributed by atoms with Crippen LogP contribution in [0.3, 0.4) is 0 Å². The number of hydrogen-bond acceptors (Lipinski definition) is 5. The van der Waals surface area contributed by atoms with E-state index in [9.17, 15) is 5.11 Å². The lowest BCUT2D eigenvalue weighted by Gasteiger charge is -2.24. The van der Waals surface area contributed by atoms with Crippen LogP contribution < -0.4 is 10.1 Å². The van der Waals surface area contributed by atoms with Crippen molar-refractivity contribution in [3.63, 3.8) is 0 Å². The second kappa shape index (κ2) is 6.14. The van der Waals surface area contributed by atoms with Gasteiger partial charge in [0.1, 0.15) is 12.4 Å². The number of allylic oxidation sites excluding steroid dienone is 1. The molecular formula is C18H15ClN4O2. The SMILES string of the molecule is COc1cc([C@H]2C=C(c3ccc(Cl)cc3)Nc3ncnn32)ccc1O. The Morgan fingerprint density at radius 1 is 1.20 bits per heavy atom. The van der Waals surface area contributed by atoms with Crippen LogP contribution in [-0.4, -0.2) is 27.0 Å². The molecule has 1 aliphatic heterocycles. The van der Waals surface area contributed by atoms with E-state index in [1.807, 2.05) is 30.3 Å². The summed E-state index contributed by atoms with van der Waals surface area (Å²) in [5.41, 5.74) is 2.83. The molecule has 7 heteroatoms. The number of aromatic hydroxyl groups is 1. The molecule has 0 bridgehead atoms. The molecule has 0 radical (unpaired) electrons. The molecule has 0 unspecified atom stereocenters. The molecule has 1 atom stereocenters. The first-order chi connectivity index (χ1) is 12.2. The molecule has 0 aliphatic carbocycles. The Balaban J connectivity index is 1.81. The van der Waals surface area contributed by atoms with Crippen LogP contribution in [0.4, 0.5) is 5.95 Å². The number of phenols is 1. The van der Waals surface area contributed by atoms with Gasteiger partial charge in [-0.05, 0) is 41.5 Å². The second-order valence-corrected chi connectivity index (χ2v) is 6.05. The van der Waals surface area contributed by atoms with E-state index in [1.165, 1.54) is 13.4 Å². The van der Waals surface area contributed by atoms with Gasteiger partial charge in [0.25, 0.3) is 0 Å². The minimum Gasteiger partial charge on any atom is -0.504 e. The standard InChI is InChI=1S/C18H15ClN4O2/c1-25-17-8-12(4-7-16(17)24)15-9-14(11-2-5-13(19)6-3-11)22-18-20-10-21-23(15)18/h2-10,15,24H,1H3,(H,20,21,22)/t15-/m1/s1. The Bertz CT molecular complexity index is 950. The molecule has 6 nitrogen and oxygen atoms in total. The number of methoxy groups -OCH3 is 1. The van der Waals surface area contributed by atoms with Crippen molar-refractivity contribution in [2.45, 2.75) is 6.04 Å². The quantitative estimate of drug-likeness (QED) is 0.750. The van der Waals surface area contributed by atoms with Crippen molar-refractivity contribution in [3.8, 4) is 11.5 Å². The van der Waals surface area contributed by atoms with Crippen molar-refractivity contribution in [2.75, 3.05) is 12.4 Å². The molecule has 3 aromatic rings. The van der Waals surface area contributed by atoms with Crippen LogP contribution in [0.25, 0.3) is 5.70 Å². The van der Waals surface area contributed by atoms with Crippen LogP contribution >= 0.6 is 11.6 Å². The summed E-state index contributed by atoms with van der Waals surface area (Å²) in [6, 6.07) is 12.7. The summed E-state index contributed by atoms with van der Waals surface area (Å²) in [5, 5.41) is 18.1. The first-order valence-corrected chi connectivity index (χ1v) is 8.04. The normalized spacial score (nSPS) is 15.9. The maximum absolute atomic E-state index is 9.84. The van der Waals surface area contributed by atoms with E-state index in [0.29, 0.717) is 16.7 Å². The van der Waals surface area contributed by atoms with Crippen LogP contribution in [0.1, 0.15) is 17.2 Å². The molecule has 0 fully saturated rings. The molecule has 1 aromatic heterocycles. The average molecular weight is 355 g/mol. The second-order valence-electron chi connectivity index (χ2n) is 5.62. The van der Waals surface area contributed by atoms with E-state index >= 15 is 0 Å². The largest absolute Gasteiger partial charge is 0.504 e. The van der Waals surface area contributed by atoms with E-state index in [4.69, 9.17) is 16.3 Å². The Hall–Kier alpha value is -2.99. The average Bonchev–Trinajstić information content (AvgIpc) is 3.10. The smallest absolute Gasteiger partial charge is 0.226 e. The summed E-state index contributed by atoms with van der Waals surface area (Å²) < 4.78 is 7.01. The number of fused-ring (bicyclic) bond motifs is 1. The summed E-state index contributed by atoms with van der Waals surface area (Å²) >= 11 is 5.98. The maximum atomic E-state index is 9.84. The van der Waals surface area contributed by atoms with Crippen LogP contribution in [0.2, 0.25) is 5.02 Å². The third-order valence-electron chi connectivity index (χ3n) is 4.11. The van der Waals surface area contributed by atoms with E-state index < -0.39 is 0 Å². The summed E-state index contributed by atoms with van der Waals surface area (Å²) in [4.78, 5) is 4.28. The molecule has 0 saturated carbocycles. The number of halogens is 1. The number of benzene rings is 2. The first kappa shape index (κ1) is 15.5. The number of nitrogens with zero attached hydrogens (tertiary/aromatic N) is 3. The lowest BCUT2D eigenvalue weighted by atomic mass is 10.0. The highest BCUT2D eigenvalue weighted by atomic mass is 35.5. The van der Waals surface area contributed by atoms with Crippen molar-refractivity contribution >= 4 is 23.2 Å². The van der Waals surface area contributed by atoms with Crippen molar-refractivity contribution in [1.82, 2.24) is 14.8 Å². The first-order valence-electron chi connectivity index (χ1n) is 7.67. The van der Waals surface area contributed by atoms with Crippen molar-refractivity contribution in [2.24, 2.45) is 0 Å². The van der Waals surface area contributed by atoms with Gasteiger partial charge in [0.05, 0.1) is 7.11 Å². The van der Waals surface area contributed by atoms with Crippen molar-refractivity contribution < 1.29 is 9.84 Å². The van der Waals surface area contributed by atoms with Gasteiger partial charge in [0.2, 0.25) is 5.95 Å². The van der Waals surface area contributed by atoms with Crippen molar-refractivity contribution in [1.29, 1.82) is 0 Å². The van der Waals surface area contributed by atoms with E-state index in [1.54, 1.807) is 16.8 Å². The molecule has 0 saturated heterocycles. The summed E-state index contributed by atoms with van der Waals surface area (Å²) in [6.07, 6.45) is 3.56. The Kier molecular flexibility index (Phi) is 3.82. The fourth-order valence-electron chi connectivity index (χ4n) is 2.85. The third kappa shape index (κ3) is 2.81. The fraction of sp³-hybridized carbons (Fsp3) is 0.111. The van der Waals surface area contributed by atoms with Gasteiger partial charge in [0.15, 0.2) is 11.5 Å². The molecule has 1 aliphatic rings. The summed E-state index contributed by atoms with van der Waals surface area (Å²) in [6.45, 7) is 0. The van der Waals surface area contributed by atoms with Gasteiger partial charge in [-0.2, -0.15) is 10.1 Å². The zero-order valence-electron chi connectivity index (χ0n) is 13.3. The number of rotatable bonds is 3. The molecule has 25 heavy (non-hydrogen) atoms. The molecular weight excluding hydrogens is 340 g/mol. The molecule has 0 amide bonds. The van der Waals surface area contributed by atoms with Gasteiger partial charge in [-0.1, -0.05) is 29.8 Å². The zero-order chi connectivity index (χ0) is 17.4. The topological polar surface area (TPSA) is 72.2 Å². The van der Waals surface area contributed by atoms with E-state index in [-0.39, 0.29) is 11.8 Å². The molecule has 2 aromatic carbocycles. The molecule has 126 valence electrons. The van der Waals surface area contributed by atoms with Crippen LogP contribution in [0.15, 0.2) is 54.9 Å². The van der Waals surface area contributed by atoms with Gasteiger partial charge in [-0.25, -0.2) is 4.68 Å². The lowest BCUT2D eigenvalue weighted by Crippen LogP contribution is -2.20. The van der Waals surface area contributed by atoms with Gasteiger partial charge in [0, 0.05) is 10.7 Å². The summed E-state index contributed by atoms with van der Waals surface area (Å²) in [7, 11) is 1.52. The van der Waals surface area contributed by atoms with Crippen LogP contribution in [0.5, 0.6) is 11.5 Å². The molecule has 2 heterocycles. The van der Waals surface area contributed by atoms with Gasteiger partial charge >= 0.3 is 0 Å². The Labute approximate surface area is 149 Å². The minimum absolute atomic E-state index is 0.0981. The zero-order valence-corrected chi connectivity index (χ0v) is 14.1. The van der Waals surface area contributed by atoms with Gasteiger partial charge < -0.3 is 15.2 Å². The van der Waals surface area contributed by atoms with Gasteiger partial charge in [-0.3, -0.25) is 0 Å². The van der Waals surface area contributed by atoms with Gasteiger partial charge in [-0.15, -0.1) is 0 Å². The maximum Gasteiger partial charge on any atom is 0.226 e. The summed E-state index contributed by atoms with van der Waals surface area (Å²) in [5.74, 6) is 1.16. The Morgan fingerprint density at radius 3 is 2.76 bits per heavy atom. The van der Waals surface area contributed by atoms with Crippen LogP contribution in [0, 0.1) is 0 Å². The number of anilines is 1. The number of phenolic OH excluding ortho intramolecular Hbond substituents is 1. The minimum atomic E-state index is -0.182. The van der Waals surface area contributed by atoms with Crippen LogP contribution in [-0.2, 0) is 0 Å². The highest BCUT2D eigenvalue weighted by molar-refractivity contribution is 6.30. The number of aromatic nitrogens is 3. The van der Waals surface area contributed by atoms with E-state index in [2.05, 4.69) is 21.5 Å². The highest BCUT2D eigenvalue weighted by Crippen LogP contribution is 2.35.